The summed E-state index contributed by atoms with van der Waals surface area (Å²) in [6.45, 7) is 0.343. The van der Waals surface area contributed by atoms with E-state index in [0.29, 0.717) is 25.0 Å². The van der Waals surface area contributed by atoms with Gasteiger partial charge in [0.15, 0.2) is 0 Å². The van der Waals surface area contributed by atoms with E-state index in [4.69, 9.17) is 9.84 Å². The Balaban J connectivity index is 1.89. The van der Waals surface area contributed by atoms with E-state index in [1.54, 1.807) is 0 Å². The summed E-state index contributed by atoms with van der Waals surface area (Å²) in [5, 5.41) is 8.80. The molecule has 1 N–H and O–H groups in total. The topological polar surface area (TPSA) is 49.8 Å². The Morgan fingerprint density at radius 2 is 2.10 bits per heavy atom. The van der Waals surface area contributed by atoms with Crippen LogP contribution in [-0.2, 0) is 11.3 Å². The minimum absolute atomic E-state index is 0.194. The highest BCUT2D eigenvalue weighted by Crippen LogP contribution is 2.20. The van der Waals surface area contributed by atoms with E-state index in [-0.39, 0.29) is 13.2 Å². The summed E-state index contributed by atoms with van der Waals surface area (Å²) in [6, 6.07) is 9.40. The number of hydrogen-bond acceptors (Lipinski definition) is 3. The number of aliphatic hydroxyl groups is 1. The van der Waals surface area contributed by atoms with Crippen molar-refractivity contribution in [3.8, 4) is 0 Å². The van der Waals surface area contributed by atoms with Gasteiger partial charge in [-0.2, -0.15) is 0 Å². The number of ether oxygens (including phenoxy) is 1. The summed E-state index contributed by atoms with van der Waals surface area (Å²) in [5.74, 6) is -0.537. The molecule has 0 aliphatic carbocycles. The van der Waals surface area contributed by atoms with Crippen LogP contribution in [0.4, 0.5) is 9.18 Å². The molecule has 0 saturated carbocycles. The normalized spacial score (nSPS) is 17.8. The maximum Gasteiger partial charge on any atom is 0.410 e. The number of carbonyl (C=O) groups is 1. The number of aliphatic hydroxyl groups excluding tert-OH is 1. The highest BCUT2D eigenvalue weighted by molar-refractivity contribution is 5.68. The molecule has 1 aliphatic heterocycles. The van der Waals surface area contributed by atoms with Gasteiger partial charge in [-0.15, -0.1) is 0 Å². The zero-order chi connectivity index (χ0) is 14.4. The van der Waals surface area contributed by atoms with Crippen LogP contribution in [-0.4, -0.2) is 35.8 Å². The lowest BCUT2D eigenvalue weighted by molar-refractivity contribution is 0.0947. The third-order valence-electron chi connectivity index (χ3n) is 3.27. The van der Waals surface area contributed by atoms with Crippen molar-refractivity contribution in [1.82, 2.24) is 4.90 Å². The molecule has 1 aromatic rings. The minimum atomic E-state index is -0.609. The largest absolute Gasteiger partial charge is 0.445 e. The fraction of sp³-hybridized carbons (Fsp3) is 0.400. The van der Waals surface area contributed by atoms with Crippen molar-refractivity contribution in [1.29, 1.82) is 0 Å². The molecule has 2 rings (SSSR count). The second kappa shape index (κ2) is 7.05. The van der Waals surface area contributed by atoms with E-state index < -0.39 is 18.5 Å². The Bertz CT molecular complexity index is 487. The van der Waals surface area contributed by atoms with Crippen LogP contribution in [0.3, 0.4) is 0 Å². The maximum atomic E-state index is 13.4. The number of amides is 1. The molecule has 0 unspecified atom stereocenters. The number of hydrogen-bond donors (Lipinski definition) is 1. The van der Waals surface area contributed by atoms with Gasteiger partial charge >= 0.3 is 6.09 Å². The van der Waals surface area contributed by atoms with Crippen molar-refractivity contribution in [3.63, 3.8) is 0 Å². The smallest absolute Gasteiger partial charge is 0.410 e. The molecule has 5 heteroatoms. The Morgan fingerprint density at radius 1 is 1.35 bits per heavy atom. The molecule has 1 fully saturated rings. The quantitative estimate of drug-likeness (QED) is 0.925. The summed E-state index contributed by atoms with van der Waals surface area (Å²) in [4.78, 5) is 13.4. The lowest BCUT2D eigenvalue weighted by Gasteiger charge is -2.28. The fourth-order valence-corrected chi connectivity index (χ4v) is 2.17. The van der Waals surface area contributed by atoms with Crippen molar-refractivity contribution in [3.05, 3.63) is 47.3 Å². The van der Waals surface area contributed by atoms with Crippen LogP contribution in [0.15, 0.2) is 41.7 Å². The van der Waals surface area contributed by atoms with Crippen molar-refractivity contribution < 1.29 is 19.0 Å². The van der Waals surface area contributed by atoms with Crippen LogP contribution in [0.25, 0.3) is 0 Å². The summed E-state index contributed by atoms with van der Waals surface area (Å²) in [6.07, 6.45) is 0.815. The van der Waals surface area contributed by atoms with Gasteiger partial charge in [0.1, 0.15) is 12.4 Å². The van der Waals surface area contributed by atoms with Crippen LogP contribution >= 0.6 is 0 Å². The second-order valence-corrected chi connectivity index (χ2v) is 4.73. The second-order valence-electron chi connectivity index (χ2n) is 4.73. The van der Waals surface area contributed by atoms with E-state index in [2.05, 4.69) is 0 Å². The summed E-state index contributed by atoms with van der Waals surface area (Å²) in [7, 11) is 0. The first-order valence-corrected chi connectivity index (χ1v) is 6.63. The number of carbonyl (C=O) groups excluding carboxylic acids is 1. The number of nitrogens with zero attached hydrogens (tertiary/aromatic N) is 1. The summed E-state index contributed by atoms with van der Waals surface area (Å²) in [5.41, 5.74) is 1.39. The minimum Gasteiger partial charge on any atom is -0.445 e. The monoisotopic (exact) mass is 279 g/mol. The molecule has 1 heterocycles. The Kier molecular flexibility index (Phi) is 5.12. The third kappa shape index (κ3) is 3.81. The summed E-state index contributed by atoms with van der Waals surface area (Å²) >= 11 is 0. The van der Waals surface area contributed by atoms with E-state index in [1.807, 2.05) is 30.3 Å². The highest BCUT2D eigenvalue weighted by atomic mass is 19.1. The van der Waals surface area contributed by atoms with Crippen molar-refractivity contribution >= 4 is 6.09 Å². The average molecular weight is 279 g/mol. The number of benzene rings is 1. The molecule has 0 bridgehead atoms. The number of likely N-dealkylation sites (tertiary alicyclic amines) is 1. The van der Waals surface area contributed by atoms with Gasteiger partial charge in [-0.3, -0.25) is 0 Å². The van der Waals surface area contributed by atoms with Gasteiger partial charge in [0.25, 0.3) is 0 Å². The number of halogens is 1. The molecule has 0 aromatic heterocycles. The summed E-state index contributed by atoms with van der Waals surface area (Å²) < 4.78 is 18.6. The molecule has 20 heavy (non-hydrogen) atoms. The van der Waals surface area contributed by atoms with Crippen LogP contribution < -0.4 is 0 Å². The zero-order valence-corrected chi connectivity index (χ0v) is 11.2. The van der Waals surface area contributed by atoms with Crippen LogP contribution in [0.2, 0.25) is 0 Å². The van der Waals surface area contributed by atoms with Gasteiger partial charge in [-0.25, -0.2) is 9.18 Å². The van der Waals surface area contributed by atoms with E-state index >= 15 is 0 Å². The van der Waals surface area contributed by atoms with Crippen molar-refractivity contribution in [2.75, 3.05) is 19.7 Å². The van der Waals surface area contributed by atoms with Gasteiger partial charge < -0.3 is 14.7 Å². The van der Waals surface area contributed by atoms with Gasteiger partial charge in [-0.05, 0) is 24.0 Å². The molecule has 1 amide bonds. The zero-order valence-electron chi connectivity index (χ0n) is 11.2. The van der Waals surface area contributed by atoms with Crippen molar-refractivity contribution in [2.45, 2.75) is 19.4 Å². The first-order valence-electron chi connectivity index (χ1n) is 6.63. The van der Waals surface area contributed by atoms with E-state index in [1.165, 1.54) is 4.90 Å². The first kappa shape index (κ1) is 14.5. The lowest BCUT2D eigenvalue weighted by Crippen LogP contribution is -2.37. The highest BCUT2D eigenvalue weighted by Gasteiger charge is 2.22. The van der Waals surface area contributed by atoms with Gasteiger partial charge in [-0.1, -0.05) is 30.3 Å². The molecular formula is C15H18FNO3. The van der Waals surface area contributed by atoms with Crippen LogP contribution in [0.1, 0.15) is 18.4 Å². The van der Waals surface area contributed by atoms with Gasteiger partial charge in [0.05, 0.1) is 6.61 Å². The Hall–Kier alpha value is -1.88. The van der Waals surface area contributed by atoms with Gasteiger partial charge in [0, 0.05) is 13.1 Å². The van der Waals surface area contributed by atoms with Crippen LogP contribution in [0.5, 0.6) is 0 Å². The molecule has 1 aromatic carbocycles. The predicted molar refractivity (Wildman–Crippen MR) is 72.7 cm³/mol. The average Bonchev–Trinajstić information content (AvgIpc) is 2.53. The van der Waals surface area contributed by atoms with E-state index in [0.717, 1.165) is 5.56 Å². The number of rotatable bonds is 3. The Labute approximate surface area is 117 Å². The fourth-order valence-electron chi connectivity index (χ4n) is 2.17. The van der Waals surface area contributed by atoms with E-state index in [9.17, 15) is 9.18 Å². The van der Waals surface area contributed by atoms with Crippen LogP contribution in [0, 0.1) is 0 Å². The SMILES string of the molecule is O=C(OCc1ccccc1)N1CCC/C(=C(/F)CO)C1. The van der Waals surface area contributed by atoms with Crippen molar-refractivity contribution in [2.24, 2.45) is 0 Å². The molecule has 0 spiro atoms. The molecular weight excluding hydrogens is 261 g/mol. The molecule has 1 aliphatic rings. The molecule has 1 saturated heterocycles. The predicted octanol–water partition coefficient (Wildman–Crippen LogP) is 2.63. The number of piperidine rings is 1. The molecule has 4 nitrogen and oxygen atoms in total. The molecule has 0 atom stereocenters. The Morgan fingerprint density at radius 3 is 2.80 bits per heavy atom. The van der Waals surface area contributed by atoms with Gasteiger partial charge in [0.2, 0.25) is 0 Å². The molecule has 108 valence electrons. The molecule has 0 radical (unpaired) electrons. The first-order chi connectivity index (χ1) is 9.70. The maximum absolute atomic E-state index is 13.4. The third-order valence-corrected chi connectivity index (χ3v) is 3.27. The lowest BCUT2D eigenvalue weighted by atomic mass is 10.0. The standard InChI is InChI=1S/C15H18FNO3/c16-14(10-18)13-7-4-8-17(9-13)15(19)20-11-12-5-2-1-3-6-12/h1-3,5-6,18H,4,7-11H2/b14-13-.